The van der Waals surface area contributed by atoms with Crippen molar-refractivity contribution < 1.29 is 57.5 Å². The number of esters is 1. The third-order valence-electron chi connectivity index (χ3n) is 10.4. The molecule has 0 aliphatic carbocycles. The Labute approximate surface area is 337 Å². The summed E-state index contributed by atoms with van der Waals surface area (Å²) in [5.74, 6) is -1.73. The summed E-state index contributed by atoms with van der Waals surface area (Å²) in [7, 11) is 5.90. The van der Waals surface area contributed by atoms with Crippen LogP contribution in [-0.4, -0.2) is 121 Å². The molecule has 0 radical (unpaired) electrons. The van der Waals surface area contributed by atoms with Crippen LogP contribution in [0.4, 0.5) is 15.3 Å². The number of ether oxygens (including phenoxy) is 6. The zero-order valence-corrected chi connectivity index (χ0v) is 35.2. The predicted octanol–water partition coefficient (Wildman–Crippen LogP) is 5.18. The van der Waals surface area contributed by atoms with Gasteiger partial charge in [0.15, 0.2) is 5.72 Å². The fourth-order valence-corrected chi connectivity index (χ4v) is 7.86. The number of methoxy groups -OCH3 is 2. The molecule has 0 spiro atoms. The van der Waals surface area contributed by atoms with Crippen LogP contribution in [0.15, 0.2) is 35.9 Å². The minimum atomic E-state index is -1.85. The van der Waals surface area contributed by atoms with Gasteiger partial charge >= 0.3 is 17.4 Å². The largest absolute Gasteiger partial charge is 0.495 e. The van der Waals surface area contributed by atoms with Crippen molar-refractivity contribution in [3.05, 3.63) is 46.5 Å². The Hall–Kier alpha value is -3.83. The Morgan fingerprint density at radius 3 is 2.54 bits per heavy atom. The van der Waals surface area contributed by atoms with Crippen LogP contribution in [0.5, 0.6) is 5.75 Å². The van der Waals surface area contributed by atoms with Crippen LogP contribution in [0.25, 0.3) is 0 Å². The van der Waals surface area contributed by atoms with Crippen molar-refractivity contribution in [3.8, 4) is 5.75 Å². The van der Waals surface area contributed by atoms with E-state index in [1.54, 1.807) is 59.0 Å². The van der Waals surface area contributed by atoms with Crippen molar-refractivity contribution >= 4 is 58.2 Å². The monoisotopic (exact) mass is 823 g/mol. The highest BCUT2D eigenvalue weighted by Crippen LogP contribution is 2.49. The van der Waals surface area contributed by atoms with E-state index >= 15 is 0 Å². The van der Waals surface area contributed by atoms with E-state index in [2.05, 4.69) is 5.32 Å². The number of amides is 3. The normalized spacial score (nSPS) is 30.1. The van der Waals surface area contributed by atoms with Crippen LogP contribution in [0.1, 0.15) is 66.4 Å². The molecule has 15 nitrogen and oxygen atoms in total. The first-order valence-electron chi connectivity index (χ1n) is 18.4. The number of carbonyl (C=O) groups is 5. The first kappa shape index (κ1) is 44.9. The maximum atomic E-state index is 14.2. The molecule has 2 N–H and O–H groups in total. The summed E-state index contributed by atoms with van der Waals surface area (Å²) in [5, 5.41) is 13.9. The van der Waals surface area contributed by atoms with E-state index in [1.165, 1.54) is 38.0 Å². The number of halogens is 1. The third kappa shape index (κ3) is 10.6. The number of epoxide rings is 1. The first-order valence-corrected chi connectivity index (χ1v) is 19.8. The minimum absolute atomic E-state index is 0.0429. The Bertz CT molecular complexity index is 1720. The Balaban J connectivity index is 1.68. The number of thioether (sulfide) groups is 1. The van der Waals surface area contributed by atoms with Crippen molar-refractivity contribution in [2.45, 2.75) is 115 Å². The molecule has 56 heavy (non-hydrogen) atoms. The molecule has 1 aromatic carbocycles. The average Bonchev–Trinajstić information content (AvgIpc) is 3.83. The van der Waals surface area contributed by atoms with Gasteiger partial charge in [-0.15, -0.1) is 0 Å². The summed E-state index contributed by atoms with van der Waals surface area (Å²) in [6, 6.07) is 2.47. The number of carbonyl (C=O) groups excluding carboxylic acids is 5. The molecular formula is C39H54ClN3O12S. The molecule has 2 fully saturated rings. The molecule has 0 saturated carbocycles. The summed E-state index contributed by atoms with van der Waals surface area (Å²) < 4.78 is 34.3. The molecule has 4 rings (SSSR count). The second kappa shape index (κ2) is 18.6. The molecule has 2 saturated heterocycles. The SMILES string of the molecule is COc1cc2cc(c1Cl)N(C)C(=O)C[C@H](OC(=O)[C@H](C)N(C)C(=O)CCSC(=O)OC(C)C)[C@]1(C)O[C@H]1[C@H](C)[C@@H]1C[C@@](O)(NC(=O)O1)[C@H](OC)/C=C/C=C(\C)C2. The Kier molecular flexibility index (Phi) is 14.9. The van der Waals surface area contributed by atoms with Gasteiger partial charge in [0.2, 0.25) is 11.8 Å². The molecule has 310 valence electrons. The van der Waals surface area contributed by atoms with E-state index in [1.807, 2.05) is 13.0 Å². The van der Waals surface area contributed by atoms with Gasteiger partial charge in [-0.05, 0) is 70.5 Å². The van der Waals surface area contributed by atoms with Gasteiger partial charge in [-0.1, -0.05) is 42.3 Å². The van der Waals surface area contributed by atoms with Crippen LogP contribution in [0, 0.1) is 5.92 Å². The molecule has 4 bridgehead atoms. The number of allylic oxidation sites excluding steroid dienone is 3. The summed E-state index contributed by atoms with van der Waals surface area (Å²) in [6.07, 6.45) is 0.321. The zero-order chi connectivity index (χ0) is 41.7. The number of aliphatic hydroxyl groups is 1. The van der Waals surface area contributed by atoms with Crippen molar-refractivity contribution in [2.24, 2.45) is 5.92 Å². The maximum Gasteiger partial charge on any atom is 0.409 e. The second-order valence-electron chi connectivity index (χ2n) is 14.9. The molecular weight excluding hydrogens is 770 g/mol. The van der Waals surface area contributed by atoms with Gasteiger partial charge in [0, 0.05) is 45.7 Å². The van der Waals surface area contributed by atoms with E-state index in [0.29, 0.717) is 17.9 Å². The van der Waals surface area contributed by atoms with E-state index in [9.17, 15) is 29.1 Å². The number of likely N-dealkylation sites (N-methyl/N-ethyl adjacent to an activating group) is 1. The minimum Gasteiger partial charge on any atom is -0.495 e. The van der Waals surface area contributed by atoms with Crippen molar-refractivity contribution in [1.82, 2.24) is 10.2 Å². The fourth-order valence-electron chi connectivity index (χ4n) is 6.84. The van der Waals surface area contributed by atoms with Crippen LogP contribution >= 0.6 is 23.4 Å². The molecule has 3 aliphatic heterocycles. The highest BCUT2D eigenvalue weighted by atomic mass is 35.5. The number of benzene rings is 1. The van der Waals surface area contributed by atoms with Gasteiger partial charge in [0.05, 0.1) is 31.4 Å². The highest BCUT2D eigenvalue weighted by molar-refractivity contribution is 8.13. The topological polar surface area (TPSA) is 183 Å². The zero-order valence-electron chi connectivity index (χ0n) is 33.6. The third-order valence-corrected chi connectivity index (χ3v) is 11.5. The molecule has 0 aromatic heterocycles. The Morgan fingerprint density at radius 1 is 1.20 bits per heavy atom. The molecule has 3 amide bonds. The molecule has 3 aliphatic rings. The quantitative estimate of drug-likeness (QED) is 0.189. The average molecular weight is 824 g/mol. The maximum absolute atomic E-state index is 14.2. The van der Waals surface area contributed by atoms with Gasteiger partial charge in [0.1, 0.15) is 40.7 Å². The second-order valence-corrected chi connectivity index (χ2v) is 16.3. The number of fused-ring (bicyclic) bond motifs is 5. The highest BCUT2D eigenvalue weighted by Gasteiger charge is 2.64. The van der Waals surface area contributed by atoms with E-state index in [4.69, 9.17) is 40.0 Å². The Morgan fingerprint density at radius 2 is 1.89 bits per heavy atom. The lowest BCUT2D eigenvalue weighted by atomic mass is 9.83. The molecule has 1 aromatic rings. The lowest BCUT2D eigenvalue weighted by Gasteiger charge is -2.42. The van der Waals surface area contributed by atoms with Crippen LogP contribution < -0.4 is 15.0 Å². The van der Waals surface area contributed by atoms with Gasteiger partial charge < -0.3 is 43.3 Å². The summed E-state index contributed by atoms with van der Waals surface area (Å²) in [4.78, 5) is 68.4. The summed E-state index contributed by atoms with van der Waals surface area (Å²) >= 11 is 7.62. The number of nitrogens with one attached hydrogen (secondary N) is 1. The molecule has 0 unspecified atom stereocenters. The van der Waals surface area contributed by atoms with E-state index in [0.717, 1.165) is 22.9 Å². The number of rotatable bonds is 9. The first-order chi connectivity index (χ1) is 26.2. The molecule has 3 heterocycles. The fraction of sp³-hybridized carbons (Fsp3) is 0.615. The standard InChI is InChI=1S/C39H54ClN3O12S/c1-21(2)52-37(48)56-15-14-31(44)42(7)24(5)35(46)54-30-19-32(45)43(8)26-17-25(18-27(50-9)33(26)40)16-22(3)12-11-13-29(51-10)39(49)20-28(53-36(47)41-39)23(4)34-38(30,6)55-34/h11-13,17-18,21,23-24,28-30,34,49H,14-16,19-20H2,1-10H3,(H,41,47)/b13-11+,22-12+/t23-,24+,28+,29-,30+,34+,38+,39+/m1/s1. The molecule has 8 atom stereocenters. The predicted molar refractivity (Wildman–Crippen MR) is 210 cm³/mol. The van der Waals surface area contributed by atoms with Crippen LogP contribution in [0.2, 0.25) is 5.02 Å². The van der Waals surface area contributed by atoms with Gasteiger partial charge in [0.25, 0.3) is 0 Å². The summed E-state index contributed by atoms with van der Waals surface area (Å²) in [5.41, 5.74) is -1.04. The number of anilines is 1. The van der Waals surface area contributed by atoms with Gasteiger partial charge in [-0.3, -0.25) is 14.9 Å². The number of alkyl carbamates (subject to hydrolysis) is 1. The van der Waals surface area contributed by atoms with Crippen LogP contribution in [0.3, 0.4) is 0 Å². The number of hydrogen-bond donors (Lipinski definition) is 2. The van der Waals surface area contributed by atoms with E-state index < -0.39 is 76.9 Å². The lowest BCUT2D eigenvalue weighted by molar-refractivity contribution is -0.162. The van der Waals surface area contributed by atoms with E-state index in [-0.39, 0.29) is 36.1 Å². The van der Waals surface area contributed by atoms with Gasteiger partial charge in [-0.25, -0.2) is 14.4 Å². The van der Waals surface area contributed by atoms with Crippen molar-refractivity contribution in [2.75, 3.05) is 39.0 Å². The smallest absolute Gasteiger partial charge is 0.409 e. The van der Waals surface area contributed by atoms with Crippen LogP contribution in [-0.2, 0) is 44.5 Å². The van der Waals surface area contributed by atoms with Gasteiger partial charge in [-0.2, -0.15) is 0 Å². The number of nitrogens with zero attached hydrogens (tertiary/aromatic N) is 2. The lowest BCUT2D eigenvalue weighted by Crippen LogP contribution is -2.63. The molecule has 17 heteroatoms. The summed E-state index contributed by atoms with van der Waals surface area (Å²) in [6.45, 7) is 10.3. The van der Waals surface area contributed by atoms with Crippen molar-refractivity contribution in [1.29, 1.82) is 0 Å². The van der Waals surface area contributed by atoms with Crippen molar-refractivity contribution in [3.63, 3.8) is 0 Å². The number of hydrogen-bond acceptors (Lipinski definition) is 13.